The molecule has 0 saturated heterocycles. The molecule has 1 aromatic rings. The van der Waals surface area contributed by atoms with Gasteiger partial charge in [0.15, 0.2) is 0 Å². The third-order valence-corrected chi connectivity index (χ3v) is 3.11. The van der Waals surface area contributed by atoms with Crippen LogP contribution in [0.1, 0.15) is 18.9 Å². The van der Waals surface area contributed by atoms with Gasteiger partial charge in [-0.15, -0.1) is 6.58 Å². The van der Waals surface area contributed by atoms with Crippen LogP contribution in [0.4, 0.5) is 5.69 Å². The van der Waals surface area contributed by atoms with Gasteiger partial charge in [0.05, 0.1) is 0 Å². The first-order chi connectivity index (χ1) is 8.61. The number of carbonyl (C=O) groups excluding carboxylic acids is 1. The number of anilines is 1. The van der Waals surface area contributed by atoms with Crippen molar-refractivity contribution in [1.29, 1.82) is 0 Å². The van der Waals surface area contributed by atoms with E-state index in [0.717, 1.165) is 17.7 Å². The molecule has 1 aromatic carbocycles. The Bertz CT molecular complexity index is 471. The van der Waals surface area contributed by atoms with Crippen molar-refractivity contribution < 1.29 is 9.90 Å². The van der Waals surface area contributed by atoms with Gasteiger partial charge in [0.25, 0.3) is 0 Å². The van der Waals surface area contributed by atoms with Crippen LogP contribution in [0.2, 0.25) is 0 Å². The summed E-state index contributed by atoms with van der Waals surface area (Å²) in [5.41, 5.74) is 1.65. The van der Waals surface area contributed by atoms with E-state index in [1.807, 2.05) is 13.0 Å². The summed E-state index contributed by atoms with van der Waals surface area (Å²) in [6.07, 6.45) is 3.05. The van der Waals surface area contributed by atoms with Crippen LogP contribution in [0.5, 0.6) is 5.75 Å². The highest BCUT2D eigenvalue weighted by molar-refractivity contribution is 5.88. The van der Waals surface area contributed by atoms with Crippen molar-refractivity contribution in [3.63, 3.8) is 0 Å². The van der Waals surface area contributed by atoms with Crippen LogP contribution in [-0.4, -0.2) is 23.1 Å². The molecular weight excluding hydrogens is 228 g/mol. The normalized spacial score (nSPS) is 18.6. The number of aromatic hydroxyl groups is 1. The van der Waals surface area contributed by atoms with Crippen LogP contribution in [0.25, 0.3) is 0 Å². The van der Waals surface area contributed by atoms with E-state index in [0.29, 0.717) is 6.42 Å². The molecule has 1 amide bonds. The molecule has 0 aliphatic carbocycles. The number of rotatable bonds is 4. The zero-order valence-electron chi connectivity index (χ0n) is 10.4. The number of nitrogens with one attached hydrogen (secondary N) is 2. The molecule has 4 nitrogen and oxygen atoms in total. The fourth-order valence-electron chi connectivity index (χ4n) is 2.18. The average molecular weight is 246 g/mol. The summed E-state index contributed by atoms with van der Waals surface area (Å²) < 4.78 is 0. The molecule has 4 heteroatoms. The number of hydrogen-bond acceptors (Lipinski definition) is 3. The molecule has 1 heterocycles. The summed E-state index contributed by atoms with van der Waals surface area (Å²) in [5, 5.41) is 15.8. The van der Waals surface area contributed by atoms with E-state index in [1.165, 1.54) is 0 Å². The highest BCUT2D eigenvalue weighted by Crippen LogP contribution is 2.32. The molecule has 3 N–H and O–H groups in total. The second-order valence-electron chi connectivity index (χ2n) is 4.64. The third kappa shape index (κ3) is 2.47. The van der Waals surface area contributed by atoms with Crippen LogP contribution in [0, 0.1) is 0 Å². The molecule has 1 aliphatic rings. The fourth-order valence-corrected chi connectivity index (χ4v) is 2.18. The number of fused-ring (bicyclic) bond motifs is 1. The average Bonchev–Trinajstić information content (AvgIpc) is 2.74. The summed E-state index contributed by atoms with van der Waals surface area (Å²) in [5.74, 6) is 0.203. The molecule has 18 heavy (non-hydrogen) atoms. The van der Waals surface area contributed by atoms with E-state index in [-0.39, 0.29) is 23.7 Å². The van der Waals surface area contributed by atoms with E-state index < -0.39 is 0 Å². The van der Waals surface area contributed by atoms with E-state index >= 15 is 0 Å². The number of amides is 1. The lowest BCUT2D eigenvalue weighted by molar-refractivity contribution is -0.122. The molecule has 2 unspecified atom stereocenters. The van der Waals surface area contributed by atoms with Gasteiger partial charge in [-0.2, -0.15) is 0 Å². The Morgan fingerprint density at radius 3 is 3.17 bits per heavy atom. The topological polar surface area (TPSA) is 61.4 Å². The summed E-state index contributed by atoms with van der Waals surface area (Å²) in [6, 6.07) is 5.05. The van der Waals surface area contributed by atoms with Gasteiger partial charge in [-0.05, 0) is 25.5 Å². The van der Waals surface area contributed by atoms with Gasteiger partial charge in [-0.25, -0.2) is 0 Å². The molecule has 2 atom stereocenters. The molecular formula is C14H18N2O2. The van der Waals surface area contributed by atoms with Gasteiger partial charge < -0.3 is 15.7 Å². The number of benzene rings is 1. The molecule has 96 valence electrons. The third-order valence-electron chi connectivity index (χ3n) is 3.11. The lowest BCUT2D eigenvalue weighted by Crippen LogP contribution is -2.42. The number of carbonyl (C=O) groups is 1. The van der Waals surface area contributed by atoms with Crippen molar-refractivity contribution in [2.24, 2.45) is 0 Å². The first-order valence-electron chi connectivity index (χ1n) is 6.10. The second-order valence-corrected chi connectivity index (χ2v) is 4.64. The quantitative estimate of drug-likeness (QED) is 0.710. The Labute approximate surface area is 107 Å². The van der Waals surface area contributed by atoms with E-state index in [9.17, 15) is 9.90 Å². The van der Waals surface area contributed by atoms with Gasteiger partial charge in [0, 0.05) is 23.7 Å². The maximum Gasteiger partial charge on any atom is 0.243 e. The van der Waals surface area contributed by atoms with Crippen molar-refractivity contribution in [2.75, 3.05) is 5.32 Å². The highest BCUT2D eigenvalue weighted by Gasteiger charge is 2.28. The van der Waals surface area contributed by atoms with Crippen molar-refractivity contribution in [3.8, 4) is 5.75 Å². The first kappa shape index (κ1) is 12.5. The summed E-state index contributed by atoms with van der Waals surface area (Å²) in [4.78, 5) is 12.0. The SMILES string of the molecule is C=CCC(C)NC(=O)C1Cc2c(O)cccc2N1. The monoisotopic (exact) mass is 246 g/mol. The smallest absolute Gasteiger partial charge is 0.243 e. The molecule has 0 bridgehead atoms. The number of phenols is 1. The zero-order chi connectivity index (χ0) is 13.1. The predicted octanol–water partition coefficient (Wildman–Crippen LogP) is 1.81. The lowest BCUT2D eigenvalue weighted by Gasteiger charge is -2.16. The van der Waals surface area contributed by atoms with E-state index in [4.69, 9.17) is 0 Å². The van der Waals surface area contributed by atoms with E-state index in [1.54, 1.807) is 18.2 Å². The maximum absolute atomic E-state index is 12.0. The summed E-state index contributed by atoms with van der Waals surface area (Å²) in [7, 11) is 0. The Hall–Kier alpha value is -1.97. The van der Waals surface area contributed by atoms with E-state index in [2.05, 4.69) is 17.2 Å². The minimum atomic E-state index is -0.305. The Morgan fingerprint density at radius 1 is 1.72 bits per heavy atom. The lowest BCUT2D eigenvalue weighted by atomic mass is 10.1. The minimum Gasteiger partial charge on any atom is -0.508 e. The highest BCUT2D eigenvalue weighted by atomic mass is 16.3. The molecule has 0 spiro atoms. The van der Waals surface area contributed by atoms with Crippen LogP contribution in [0.3, 0.4) is 0 Å². The van der Waals surface area contributed by atoms with Gasteiger partial charge in [0.1, 0.15) is 11.8 Å². The Morgan fingerprint density at radius 2 is 2.50 bits per heavy atom. The number of hydrogen-bond donors (Lipinski definition) is 3. The summed E-state index contributed by atoms with van der Waals surface area (Å²) in [6.45, 7) is 5.59. The molecule has 0 saturated carbocycles. The second kappa shape index (κ2) is 5.12. The minimum absolute atomic E-state index is 0.0417. The maximum atomic E-state index is 12.0. The standard InChI is InChI=1S/C14H18N2O2/c1-3-5-9(2)15-14(18)12-8-10-11(16-12)6-4-7-13(10)17/h3-4,6-7,9,12,16-17H,1,5,8H2,2H3,(H,15,18). The summed E-state index contributed by atoms with van der Waals surface area (Å²) >= 11 is 0. The van der Waals surface area contributed by atoms with Crippen LogP contribution in [-0.2, 0) is 11.2 Å². The van der Waals surface area contributed by atoms with Gasteiger partial charge >= 0.3 is 0 Å². The van der Waals surface area contributed by atoms with Crippen molar-refractivity contribution in [1.82, 2.24) is 5.32 Å². The van der Waals surface area contributed by atoms with Gasteiger partial charge in [-0.3, -0.25) is 4.79 Å². The fraction of sp³-hybridized carbons (Fsp3) is 0.357. The predicted molar refractivity (Wildman–Crippen MR) is 71.6 cm³/mol. The molecule has 2 rings (SSSR count). The van der Waals surface area contributed by atoms with Gasteiger partial charge in [0.2, 0.25) is 5.91 Å². The van der Waals surface area contributed by atoms with Crippen LogP contribution in [0.15, 0.2) is 30.9 Å². The van der Waals surface area contributed by atoms with Crippen molar-refractivity contribution in [3.05, 3.63) is 36.4 Å². The van der Waals surface area contributed by atoms with Crippen LogP contribution < -0.4 is 10.6 Å². The molecule has 0 aromatic heterocycles. The Kier molecular flexibility index (Phi) is 3.55. The largest absolute Gasteiger partial charge is 0.508 e. The molecule has 0 fully saturated rings. The molecule has 0 radical (unpaired) electrons. The Balaban J connectivity index is 2.00. The van der Waals surface area contributed by atoms with Gasteiger partial charge in [-0.1, -0.05) is 12.1 Å². The molecule has 1 aliphatic heterocycles. The number of phenolic OH excluding ortho intramolecular Hbond substituents is 1. The van der Waals surface area contributed by atoms with Crippen molar-refractivity contribution in [2.45, 2.75) is 31.8 Å². The van der Waals surface area contributed by atoms with Crippen molar-refractivity contribution >= 4 is 11.6 Å². The van der Waals surface area contributed by atoms with Crippen LogP contribution >= 0.6 is 0 Å². The first-order valence-corrected chi connectivity index (χ1v) is 6.10. The zero-order valence-corrected chi connectivity index (χ0v) is 10.4.